The average molecular weight is 295 g/mol. The molecule has 1 aliphatic heterocycles. The van der Waals surface area contributed by atoms with Crippen LogP contribution in [-0.2, 0) is 9.73 Å². The van der Waals surface area contributed by atoms with Crippen molar-refractivity contribution in [2.24, 2.45) is 4.36 Å². The predicted octanol–water partition coefficient (Wildman–Crippen LogP) is 0.911. The van der Waals surface area contributed by atoms with Crippen LogP contribution in [0.4, 0.5) is 13.2 Å². The number of carbonyl (C=O) groups excluding carboxylic acids is 1. The van der Waals surface area contributed by atoms with E-state index in [2.05, 4.69) is 4.36 Å². The number of rotatable bonds is 2. The Morgan fingerprint density at radius 3 is 2.37 bits per heavy atom. The number of amides is 1. The van der Waals surface area contributed by atoms with Gasteiger partial charge in [0.2, 0.25) is 0 Å². The molecular weight excluding hydrogens is 287 g/mol. The Labute approximate surface area is 105 Å². The molecule has 1 unspecified atom stereocenters. The maximum absolute atomic E-state index is 12.4. The van der Waals surface area contributed by atoms with Crippen molar-refractivity contribution < 1.29 is 32.4 Å². The number of hydrogen-bond donors (Lipinski definition) is 2. The van der Waals surface area contributed by atoms with E-state index in [1.54, 1.807) is 0 Å². The Balaban J connectivity index is 2.51. The largest absolute Gasteiger partial charge is 0.443 e. The van der Waals surface area contributed by atoms with Crippen molar-refractivity contribution >= 4 is 15.6 Å². The monoisotopic (exact) mass is 295 g/mol. The van der Waals surface area contributed by atoms with E-state index in [1.165, 1.54) is 24.3 Å². The van der Waals surface area contributed by atoms with Crippen LogP contribution < -0.4 is 0 Å². The fourth-order valence-electron chi connectivity index (χ4n) is 1.62. The standard InChI is InChI=1S/C10H8F3NO4S/c11-10(12,13)9(16,17)5-19(18)7-4-2-1-3-6(7)8(15)14-19/h1-4,16-17H,5H2. The zero-order valence-electron chi connectivity index (χ0n) is 9.22. The Kier molecular flexibility index (Phi) is 2.96. The number of halogens is 3. The summed E-state index contributed by atoms with van der Waals surface area (Å²) in [6.07, 6.45) is -5.40. The van der Waals surface area contributed by atoms with Crippen LogP contribution in [0.1, 0.15) is 10.4 Å². The van der Waals surface area contributed by atoms with Gasteiger partial charge in [0.1, 0.15) is 0 Å². The third-order valence-electron chi connectivity index (χ3n) is 2.54. The second-order valence-electron chi connectivity index (χ2n) is 3.99. The van der Waals surface area contributed by atoms with Gasteiger partial charge in [-0.25, -0.2) is 4.21 Å². The van der Waals surface area contributed by atoms with Crippen molar-refractivity contribution in [3.05, 3.63) is 29.8 Å². The highest BCUT2D eigenvalue weighted by Gasteiger charge is 2.55. The molecule has 19 heavy (non-hydrogen) atoms. The molecule has 9 heteroatoms. The highest BCUT2D eigenvalue weighted by Crippen LogP contribution is 2.35. The van der Waals surface area contributed by atoms with E-state index >= 15 is 0 Å². The highest BCUT2D eigenvalue weighted by atomic mass is 32.2. The van der Waals surface area contributed by atoms with Crippen LogP contribution in [0.5, 0.6) is 0 Å². The van der Waals surface area contributed by atoms with Gasteiger partial charge in [0, 0.05) is 0 Å². The molecule has 2 rings (SSSR count). The molecule has 1 aromatic carbocycles. The number of nitrogens with zero attached hydrogens (tertiary/aromatic N) is 1. The molecule has 0 aromatic heterocycles. The Morgan fingerprint density at radius 2 is 1.79 bits per heavy atom. The smallest absolute Gasteiger partial charge is 0.358 e. The first-order chi connectivity index (χ1) is 8.57. The summed E-state index contributed by atoms with van der Waals surface area (Å²) in [5.74, 6) is -6.71. The fraction of sp³-hybridized carbons (Fsp3) is 0.300. The first kappa shape index (κ1) is 14.0. The maximum atomic E-state index is 12.4. The van der Waals surface area contributed by atoms with E-state index < -0.39 is 33.4 Å². The lowest BCUT2D eigenvalue weighted by atomic mass is 10.2. The van der Waals surface area contributed by atoms with Gasteiger partial charge >= 0.3 is 6.18 Å². The van der Waals surface area contributed by atoms with Gasteiger partial charge in [0.15, 0.2) is 0 Å². The van der Waals surface area contributed by atoms with Crippen LogP contribution in [0.3, 0.4) is 0 Å². The number of alkyl halides is 3. The van der Waals surface area contributed by atoms with Gasteiger partial charge in [-0.1, -0.05) is 12.1 Å². The lowest BCUT2D eigenvalue weighted by Crippen LogP contribution is -2.50. The van der Waals surface area contributed by atoms with E-state index in [0.29, 0.717) is 0 Å². The van der Waals surface area contributed by atoms with Crippen LogP contribution >= 0.6 is 0 Å². The lowest BCUT2D eigenvalue weighted by Gasteiger charge is -2.24. The van der Waals surface area contributed by atoms with Crippen molar-refractivity contribution in [1.29, 1.82) is 0 Å². The van der Waals surface area contributed by atoms with E-state index in [0.717, 1.165) is 0 Å². The van der Waals surface area contributed by atoms with Gasteiger partial charge in [-0.3, -0.25) is 4.79 Å². The molecule has 0 aliphatic carbocycles. The number of hydrogen-bond acceptors (Lipinski definition) is 4. The highest BCUT2D eigenvalue weighted by molar-refractivity contribution is 7.94. The molecular formula is C10H8F3NO4S. The number of benzene rings is 1. The molecule has 1 atom stereocenters. The summed E-state index contributed by atoms with van der Waals surface area (Å²) in [4.78, 5) is 11.2. The summed E-state index contributed by atoms with van der Waals surface area (Å²) in [6, 6.07) is 5.25. The van der Waals surface area contributed by atoms with E-state index in [1.807, 2.05) is 0 Å². The van der Waals surface area contributed by atoms with Crippen LogP contribution in [0.25, 0.3) is 0 Å². The summed E-state index contributed by atoms with van der Waals surface area (Å²) in [5, 5.41) is 17.9. The molecule has 1 aromatic rings. The van der Waals surface area contributed by atoms with Gasteiger partial charge < -0.3 is 10.2 Å². The Bertz CT molecular complexity index is 659. The van der Waals surface area contributed by atoms with Gasteiger partial charge in [-0.2, -0.15) is 17.5 Å². The molecule has 0 fully saturated rings. The van der Waals surface area contributed by atoms with Crippen molar-refractivity contribution in [1.82, 2.24) is 0 Å². The molecule has 0 radical (unpaired) electrons. The summed E-state index contributed by atoms with van der Waals surface area (Å²) >= 11 is 0. The quantitative estimate of drug-likeness (QED) is 0.794. The molecule has 0 saturated carbocycles. The molecule has 2 N–H and O–H groups in total. The number of aliphatic hydroxyl groups is 2. The molecule has 0 spiro atoms. The first-order valence-electron chi connectivity index (χ1n) is 4.96. The van der Waals surface area contributed by atoms with E-state index in [9.17, 15) is 22.2 Å². The molecule has 1 heterocycles. The van der Waals surface area contributed by atoms with Crippen LogP contribution in [-0.4, -0.2) is 38.0 Å². The normalized spacial score (nSPS) is 23.1. The number of carbonyl (C=O) groups is 1. The van der Waals surface area contributed by atoms with Crippen molar-refractivity contribution in [3.63, 3.8) is 0 Å². The summed E-state index contributed by atoms with van der Waals surface area (Å²) in [5.41, 5.74) is -0.0922. The zero-order valence-corrected chi connectivity index (χ0v) is 10.0. The second kappa shape index (κ2) is 4.02. The van der Waals surface area contributed by atoms with Crippen LogP contribution in [0.15, 0.2) is 33.5 Å². The van der Waals surface area contributed by atoms with Crippen molar-refractivity contribution in [3.8, 4) is 0 Å². The van der Waals surface area contributed by atoms with E-state index in [4.69, 9.17) is 10.2 Å². The van der Waals surface area contributed by atoms with Gasteiger partial charge in [-0.05, 0) is 12.1 Å². The summed E-state index contributed by atoms with van der Waals surface area (Å²) < 4.78 is 52.6. The topological polar surface area (TPSA) is 87.0 Å². The molecule has 1 amide bonds. The predicted molar refractivity (Wildman–Crippen MR) is 57.7 cm³/mol. The molecule has 1 aliphatic rings. The van der Waals surface area contributed by atoms with E-state index in [-0.39, 0.29) is 10.5 Å². The fourth-order valence-corrected chi connectivity index (χ4v) is 3.80. The lowest BCUT2D eigenvalue weighted by molar-refractivity contribution is -0.337. The first-order valence-corrected chi connectivity index (χ1v) is 6.65. The van der Waals surface area contributed by atoms with Crippen molar-refractivity contribution in [2.45, 2.75) is 16.9 Å². The molecule has 104 valence electrons. The minimum Gasteiger partial charge on any atom is -0.358 e. The molecule has 0 saturated heterocycles. The van der Waals surface area contributed by atoms with Crippen LogP contribution in [0.2, 0.25) is 0 Å². The van der Waals surface area contributed by atoms with Crippen molar-refractivity contribution in [2.75, 3.05) is 5.75 Å². The number of fused-ring (bicyclic) bond motifs is 1. The average Bonchev–Trinajstić information content (AvgIpc) is 2.49. The Morgan fingerprint density at radius 1 is 1.21 bits per heavy atom. The maximum Gasteiger partial charge on any atom is 0.443 e. The third kappa shape index (κ3) is 2.24. The Hall–Kier alpha value is -1.45. The molecule has 0 bridgehead atoms. The minimum absolute atomic E-state index is 0.0922. The van der Waals surface area contributed by atoms with Crippen LogP contribution in [0, 0.1) is 0 Å². The SMILES string of the molecule is O=C1N=S(=O)(CC(O)(O)C(F)(F)F)c2ccccc21. The van der Waals surface area contributed by atoms with Gasteiger partial charge in [0.25, 0.3) is 11.7 Å². The third-order valence-corrected chi connectivity index (χ3v) is 4.84. The van der Waals surface area contributed by atoms with Gasteiger partial charge in [-0.15, -0.1) is 0 Å². The summed E-state index contributed by atoms with van der Waals surface area (Å²) in [7, 11) is -3.85. The zero-order chi connectivity index (χ0) is 14.5. The second-order valence-corrected chi connectivity index (χ2v) is 6.18. The van der Waals surface area contributed by atoms with Gasteiger partial charge in [0.05, 0.1) is 25.9 Å². The minimum atomic E-state index is -5.40. The molecule has 5 nitrogen and oxygen atoms in total. The summed E-state index contributed by atoms with van der Waals surface area (Å²) in [6.45, 7) is 0.